The molecule has 4 aromatic rings. The van der Waals surface area contributed by atoms with Gasteiger partial charge in [-0.25, -0.2) is 4.98 Å². The van der Waals surface area contributed by atoms with Gasteiger partial charge in [0.05, 0.1) is 40.2 Å². The van der Waals surface area contributed by atoms with Crippen LogP contribution in [0.2, 0.25) is 0 Å². The second-order valence-electron chi connectivity index (χ2n) is 8.92. The van der Waals surface area contributed by atoms with Crippen LogP contribution in [0, 0.1) is 17.0 Å². The van der Waals surface area contributed by atoms with Crippen molar-refractivity contribution in [3.63, 3.8) is 0 Å². The lowest BCUT2D eigenvalue weighted by Crippen LogP contribution is -2.21. The summed E-state index contributed by atoms with van der Waals surface area (Å²) in [6.45, 7) is 8.55. The summed E-state index contributed by atoms with van der Waals surface area (Å²) in [5.41, 5.74) is 2.95. The van der Waals surface area contributed by atoms with E-state index in [1.807, 2.05) is 32.0 Å². The molecule has 0 radical (unpaired) electrons. The third-order valence-electron chi connectivity index (χ3n) is 6.04. The summed E-state index contributed by atoms with van der Waals surface area (Å²) < 4.78 is 12.7. The van der Waals surface area contributed by atoms with Gasteiger partial charge in [-0.05, 0) is 77.2 Å². The highest BCUT2D eigenvalue weighted by molar-refractivity contribution is 9.10. The molecule has 9 nitrogen and oxygen atoms in total. The summed E-state index contributed by atoms with van der Waals surface area (Å²) in [5, 5.41) is 16.5. The quantitative estimate of drug-likeness (QED) is 0.135. The van der Waals surface area contributed by atoms with E-state index in [-0.39, 0.29) is 22.9 Å². The molecule has 0 aliphatic heterocycles. The van der Waals surface area contributed by atoms with Crippen molar-refractivity contribution in [2.75, 3.05) is 13.7 Å². The van der Waals surface area contributed by atoms with Crippen LogP contribution in [-0.2, 0) is 0 Å². The first-order valence-corrected chi connectivity index (χ1v) is 12.8. The lowest BCUT2D eigenvalue weighted by molar-refractivity contribution is -0.385. The minimum absolute atomic E-state index is 0.101. The van der Waals surface area contributed by atoms with Crippen molar-refractivity contribution in [1.82, 2.24) is 9.66 Å². The van der Waals surface area contributed by atoms with Gasteiger partial charge in [-0.15, -0.1) is 0 Å². The first-order valence-electron chi connectivity index (χ1n) is 12.0. The number of nitrogens with zero attached hydrogens (tertiary/aromatic N) is 4. The predicted octanol–water partition coefficient (Wildman–Crippen LogP) is 6.46. The summed E-state index contributed by atoms with van der Waals surface area (Å²) in [4.78, 5) is 29.5. The molecule has 0 aliphatic rings. The van der Waals surface area contributed by atoms with E-state index in [2.05, 4.69) is 34.9 Å². The molecular formula is C28H27BrN4O5. The van der Waals surface area contributed by atoms with Gasteiger partial charge in [0.2, 0.25) is 5.75 Å². The van der Waals surface area contributed by atoms with E-state index in [1.54, 1.807) is 24.3 Å². The number of hydrogen-bond acceptors (Lipinski definition) is 7. The maximum absolute atomic E-state index is 13.6. The number of fused-ring (bicyclic) bond motifs is 1. The third-order valence-corrected chi connectivity index (χ3v) is 6.63. The Hall–Kier alpha value is -4.05. The fraction of sp³-hybridized carbons (Fsp3) is 0.250. The first kappa shape index (κ1) is 27.0. The van der Waals surface area contributed by atoms with Crippen LogP contribution in [0.4, 0.5) is 5.69 Å². The Morgan fingerprint density at radius 2 is 1.95 bits per heavy atom. The molecule has 0 amide bonds. The highest BCUT2D eigenvalue weighted by atomic mass is 79.9. The van der Waals surface area contributed by atoms with Gasteiger partial charge in [0.25, 0.3) is 5.56 Å². The molecule has 10 heteroatoms. The lowest BCUT2D eigenvalue weighted by atomic mass is 9.96. The highest BCUT2D eigenvalue weighted by Gasteiger charge is 2.21. The average molecular weight is 579 g/mol. The van der Waals surface area contributed by atoms with Crippen LogP contribution in [0.3, 0.4) is 0 Å². The third kappa shape index (κ3) is 5.17. The van der Waals surface area contributed by atoms with E-state index in [0.717, 1.165) is 22.4 Å². The number of nitro groups is 1. The molecule has 4 rings (SSSR count). The molecule has 0 spiro atoms. The van der Waals surface area contributed by atoms with Gasteiger partial charge in [-0.1, -0.05) is 26.0 Å². The van der Waals surface area contributed by atoms with E-state index >= 15 is 0 Å². The number of ether oxygens (including phenoxy) is 2. The maximum Gasteiger partial charge on any atom is 0.312 e. The van der Waals surface area contributed by atoms with Crippen LogP contribution in [-0.4, -0.2) is 34.5 Å². The zero-order chi connectivity index (χ0) is 27.6. The van der Waals surface area contributed by atoms with Crippen LogP contribution in [0.15, 0.2) is 62.9 Å². The molecule has 0 saturated carbocycles. The summed E-state index contributed by atoms with van der Waals surface area (Å²) in [7, 11) is 1.36. The van der Waals surface area contributed by atoms with Gasteiger partial charge >= 0.3 is 5.69 Å². The molecule has 0 atom stereocenters. The number of benzene rings is 3. The number of rotatable bonds is 8. The molecule has 0 aliphatic carbocycles. The second kappa shape index (κ2) is 11.1. The normalized spacial score (nSPS) is 11.4. The topological polar surface area (TPSA) is 109 Å². The van der Waals surface area contributed by atoms with Gasteiger partial charge in [0.1, 0.15) is 5.75 Å². The van der Waals surface area contributed by atoms with Crippen molar-refractivity contribution in [3.05, 3.63) is 90.2 Å². The first-order chi connectivity index (χ1) is 18.2. The number of para-hydroxylation sites is 1. The second-order valence-corrected chi connectivity index (χ2v) is 9.77. The zero-order valence-corrected chi connectivity index (χ0v) is 23.3. The van der Waals surface area contributed by atoms with Crippen molar-refractivity contribution in [3.8, 4) is 22.9 Å². The summed E-state index contributed by atoms with van der Waals surface area (Å²) in [6, 6.07) is 14.0. The Bertz CT molecular complexity index is 1630. The molecule has 196 valence electrons. The summed E-state index contributed by atoms with van der Waals surface area (Å²) in [6.07, 6.45) is 1.39. The number of nitro benzene ring substituents is 1. The number of methoxy groups -OCH3 is 1. The average Bonchev–Trinajstić information content (AvgIpc) is 2.88. The van der Waals surface area contributed by atoms with E-state index in [4.69, 9.17) is 14.5 Å². The number of aryl methyl sites for hydroxylation is 1. The monoisotopic (exact) mass is 578 g/mol. The van der Waals surface area contributed by atoms with Gasteiger partial charge in [-0.3, -0.25) is 14.9 Å². The van der Waals surface area contributed by atoms with Crippen molar-refractivity contribution < 1.29 is 14.4 Å². The van der Waals surface area contributed by atoms with Crippen LogP contribution in [0.5, 0.6) is 11.5 Å². The summed E-state index contributed by atoms with van der Waals surface area (Å²) in [5.74, 6) is 1.41. The molecule has 0 unspecified atom stereocenters. The largest absolute Gasteiger partial charge is 0.494 e. The number of aromatic nitrogens is 2. The SMILES string of the molecule is CCOc1cc(C)c(-c2nc3ccccc3c(=O)n2N=Cc2cc(Br)c(OC)c([N+](=O)[O-])c2)cc1C(C)C. The minimum atomic E-state index is -0.535. The number of hydrogen-bond donors (Lipinski definition) is 0. The van der Waals surface area contributed by atoms with Gasteiger partial charge < -0.3 is 9.47 Å². The smallest absolute Gasteiger partial charge is 0.312 e. The van der Waals surface area contributed by atoms with Crippen LogP contribution in [0.1, 0.15) is 43.4 Å². The lowest BCUT2D eigenvalue weighted by Gasteiger charge is -2.18. The molecule has 1 aromatic heterocycles. The Labute approximate surface area is 228 Å². The van der Waals surface area contributed by atoms with Crippen LogP contribution in [0.25, 0.3) is 22.3 Å². The standard InChI is InChI=1S/C28H27BrN4O5/c1-6-38-25-11-17(4)21(14-20(25)16(2)3)27-31-23-10-8-7-9-19(23)28(34)32(27)30-15-18-12-22(29)26(37-5)24(13-18)33(35)36/h7-16H,6H2,1-5H3. The van der Waals surface area contributed by atoms with Gasteiger partial charge in [0.15, 0.2) is 5.82 Å². The molecule has 0 saturated heterocycles. The fourth-order valence-corrected chi connectivity index (χ4v) is 4.84. The van der Waals surface area contributed by atoms with Crippen LogP contribution < -0.4 is 15.0 Å². The Balaban J connectivity index is 1.97. The molecule has 0 fully saturated rings. The molecule has 0 bridgehead atoms. The fourth-order valence-electron chi connectivity index (χ4n) is 4.21. The van der Waals surface area contributed by atoms with Gasteiger partial charge in [0, 0.05) is 17.2 Å². The Morgan fingerprint density at radius 1 is 1.21 bits per heavy atom. The minimum Gasteiger partial charge on any atom is -0.494 e. The molecule has 3 aromatic carbocycles. The van der Waals surface area contributed by atoms with Crippen molar-refractivity contribution in [1.29, 1.82) is 0 Å². The molecule has 1 heterocycles. The highest BCUT2D eigenvalue weighted by Crippen LogP contribution is 2.36. The predicted molar refractivity (Wildman–Crippen MR) is 152 cm³/mol. The van der Waals surface area contributed by atoms with Crippen molar-refractivity contribution in [2.45, 2.75) is 33.6 Å². The van der Waals surface area contributed by atoms with Crippen molar-refractivity contribution >= 4 is 38.7 Å². The summed E-state index contributed by atoms with van der Waals surface area (Å²) >= 11 is 3.32. The van der Waals surface area contributed by atoms with Crippen molar-refractivity contribution in [2.24, 2.45) is 5.10 Å². The van der Waals surface area contributed by atoms with E-state index < -0.39 is 4.92 Å². The molecule has 38 heavy (non-hydrogen) atoms. The van der Waals surface area contributed by atoms with E-state index in [1.165, 1.54) is 24.1 Å². The maximum atomic E-state index is 13.6. The Kier molecular flexibility index (Phi) is 7.91. The van der Waals surface area contributed by atoms with Crippen LogP contribution >= 0.6 is 15.9 Å². The number of halogens is 1. The van der Waals surface area contributed by atoms with E-state index in [9.17, 15) is 14.9 Å². The van der Waals surface area contributed by atoms with Gasteiger partial charge in [-0.2, -0.15) is 9.78 Å². The zero-order valence-electron chi connectivity index (χ0n) is 21.7. The molecule has 0 N–H and O–H groups in total. The Morgan fingerprint density at radius 3 is 2.61 bits per heavy atom. The van der Waals surface area contributed by atoms with E-state index in [0.29, 0.717) is 33.4 Å². The molecular weight excluding hydrogens is 552 g/mol.